The molecule has 7 heteroatoms. The Hall–Kier alpha value is -2.77. The van der Waals surface area contributed by atoms with Gasteiger partial charge in [0.15, 0.2) is 5.78 Å². The third kappa shape index (κ3) is 5.58. The summed E-state index contributed by atoms with van der Waals surface area (Å²) in [6, 6.07) is 10.9. The van der Waals surface area contributed by atoms with Crippen LogP contribution in [0.4, 0.5) is 4.39 Å². The molecule has 1 aliphatic carbocycles. The van der Waals surface area contributed by atoms with Crippen LogP contribution in [0.1, 0.15) is 77.3 Å². The van der Waals surface area contributed by atoms with Crippen molar-refractivity contribution < 1.29 is 28.6 Å². The molecule has 6 nitrogen and oxygen atoms in total. The van der Waals surface area contributed by atoms with Crippen molar-refractivity contribution in [2.45, 2.75) is 76.5 Å². The second-order valence-electron chi connectivity index (χ2n) is 10.6. The molecule has 2 aromatic rings. The van der Waals surface area contributed by atoms with E-state index in [1.54, 1.807) is 11.8 Å². The van der Waals surface area contributed by atoms with Crippen LogP contribution in [0, 0.1) is 11.7 Å². The lowest BCUT2D eigenvalue weighted by molar-refractivity contribution is -0.00740. The van der Waals surface area contributed by atoms with Crippen molar-refractivity contribution in [1.82, 2.24) is 4.90 Å². The molecule has 2 heterocycles. The predicted octanol–water partition coefficient (Wildman–Crippen LogP) is 4.75. The van der Waals surface area contributed by atoms with Crippen LogP contribution < -0.4 is 4.74 Å². The van der Waals surface area contributed by atoms with Crippen molar-refractivity contribution in [3.05, 3.63) is 64.5 Å². The minimum atomic E-state index is -0.718. The van der Waals surface area contributed by atoms with Gasteiger partial charge in [-0.1, -0.05) is 24.3 Å². The van der Waals surface area contributed by atoms with Gasteiger partial charge in [-0.25, -0.2) is 4.39 Å². The summed E-state index contributed by atoms with van der Waals surface area (Å²) in [6.07, 6.45) is 5.12. The van der Waals surface area contributed by atoms with Gasteiger partial charge in [0.05, 0.1) is 49.1 Å². The maximum atomic E-state index is 15.2. The van der Waals surface area contributed by atoms with Crippen molar-refractivity contribution >= 4 is 11.7 Å². The monoisotopic (exact) mass is 509 g/mol. The van der Waals surface area contributed by atoms with E-state index in [1.807, 2.05) is 0 Å². The summed E-state index contributed by atoms with van der Waals surface area (Å²) >= 11 is 0. The molecule has 0 saturated carbocycles. The van der Waals surface area contributed by atoms with Gasteiger partial charge in [-0.3, -0.25) is 9.59 Å². The molecule has 2 unspecified atom stereocenters. The minimum absolute atomic E-state index is 0.0395. The van der Waals surface area contributed by atoms with E-state index >= 15 is 4.39 Å². The fraction of sp³-hybridized carbons (Fsp3) is 0.533. The Balaban J connectivity index is 1.19. The zero-order valence-corrected chi connectivity index (χ0v) is 21.5. The number of carbonyl (C=O) groups is 2. The highest BCUT2D eigenvalue weighted by Gasteiger charge is 2.41. The zero-order chi connectivity index (χ0) is 25.9. The molecule has 198 valence electrons. The minimum Gasteiger partial charge on any atom is -0.493 e. The van der Waals surface area contributed by atoms with Gasteiger partial charge in [0.1, 0.15) is 11.6 Å². The van der Waals surface area contributed by atoms with Gasteiger partial charge in [-0.05, 0) is 81.0 Å². The molecule has 0 spiro atoms. The van der Waals surface area contributed by atoms with Crippen LogP contribution in [0.5, 0.6) is 5.75 Å². The molecule has 37 heavy (non-hydrogen) atoms. The topological polar surface area (TPSA) is 76.1 Å². The van der Waals surface area contributed by atoms with E-state index in [1.165, 1.54) is 17.2 Å². The van der Waals surface area contributed by atoms with Crippen molar-refractivity contribution in [2.75, 3.05) is 19.8 Å². The Labute approximate surface area is 217 Å². The smallest absolute Gasteiger partial charge is 0.257 e. The number of rotatable bonds is 10. The van der Waals surface area contributed by atoms with E-state index in [0.717, 1.165) is 38.2 Å². The second kappa shape index (κ2) is 11.3. The molecule has 1 N–H and O–H groups in total. The predicted molar refractivity (Wildman–Crippen MR) is 138 cm³/mol. The van der Waals surface area contributed by atoms with Crippen molar-refractivity contribution in [3.63, 3.8) is 0 Å². The molecule has 3 aliphatic rings. The SMILES string of the molecule is CCOc1cc(C(=O)N2C3CCC2COC3)c(F)cc1C(=O)CC[C@@H](O)CCC1Cc2ccccc2C1. The zero-order valence-electron chi connectivity index (χ0n) is 21.5. The van der Waals surface area contributed by atoms with Gasteiger partial charge in [0.2, 0.25) is 0 Å². The molecule has 2 bridgehead atoms. The maximum absolute atomic E-state index is 15.2. The average Bonchev–Trinajstić information content (AvgIpc) is 3.43. The molecule has 2 aliphatic heterocycles. The lowest BCUT2D eigenvalue weighted by atomic mass is 9.95. The van der Waals surface area contributed by atoms with Gasteiger partial charge >= 0.3 is 0 Å². The molecule has 5 rings (SSSR count). The standard InChI is InChI=1S/C30H36FNO5/c1-2-37-29-16-25(30(35)32-22-8-9-23(32)18-36-17-22)27(31)15-26(29)28(34)12-11-24(33)10-7-19-13-20-5-3-4-6-21(20)14-19/h3-6,15-16,19,22-24,33H,2,7-14,17-18H2,1H3/t22?,23?,24-/m0/s1. The number of aliphatic hydroxyl groups excluding tert-OH is 1. The largest absolute Gasteiger partial charge is 0.493 e. The molecular formula is C30H36FNO5. The molecule has 0 radical (unpaired) electrons. The van der Waals surface area contributed by atoms with E-state index < -0.39 is 11.9 Å². The molecule has 0 aromatic heterocycles. The summed E-state index contributed by atoms with van der Waals surface area (Å²) in [5, 5.41) is 10.5. The Bertz CT molecular complexity index is 1110. The number of carbonyl (C=O) groups excluding carboxylic acids is 2. The maximum Gasteiger partial charge on any atom is 0.257 e. The van der Waals surface area contributed by atoms with Crippen LogP contribution in [-0.4, -0.2) is 59.7 Å². The number of fused-ring (bicyclic) bond motifs is 3. The number of ether oxygens (including phenoxy) is 2. The number of amides is 1. The third-order valence-electron chi connectivity index (χ3n) is 8.12. The highest BCUT2D eigenvalue weighted by atomic mass is 19.1. The van der Waals surface area contributed by atoms with Crippen molar-refractivity contribution in [2.24, 2.45) is 5.92 Å². The number of aliphatic hydroxyl groups is 1. The molecule has 2 fully saturated rings. The van der Waals surface area contributed by atoms with Crippen LogP contribution in [0.25, 0.3) is 0 Å². The number of morpholine rings is 1. The number of ketones is 1. The first-order valence-corrected chi connectivity index (χ1v) is 13.6. The van der Waals surface area contributed by atoms with Gasteiger partial charge in [0.25, 0.3) is 5.91 Å². The third-order valence-corrected chi connectivity index (χ3v) is 8.12. The number of hydrogen-bond acceptors (Lipinski definition) is 5. The van der Waals surface area contributed by atoms with Crippen LogP contribution in [0.3, 0.4) is 0 Å². The van der Waals surface area contributed by atoms with Crippen LogP contribution in [-0.2, 0) is 17.6 Å². The summed E-state index contributed by atoms with van der Waals surface area (Å²) in [4.78, 5) is 28.0. The summed E-state index contributed by atoms with van der Waals surface area (Å²) in [5.41, 5.74) is 2.84. The fourth-order valence-electron chi connectivity index (χ4n) is 6.17. The van der Waals surface area contributed by atoms with E-state index in [9.17, 15) is 14.7 Å². The van der Waals surface area contributed by atoms with E-state index in [2.05, 4.69) is 24.3 Å². The quantitative estimate of drug-likeness (QED) is 0.468. The lowest BCUT2D eigenvalue weighted by Crippen LogP contribution is -2.49. The molecule has 2 aromatic carbocycles. The molecule has 2 saturated heterocycles. The molecule has 3 atom stereocenters. The first-order chi connectivity index (χ1) is 17.9. The summed E-state index contributed by atoms with van der Waals surface area (Å²) in [6.45, 7) is 3.00. The molecular weight excluding hydrogens is 473 g/mol. The Kier molecular flexibility index (Phi) is 7.91. The summed E-state index contributed by atoms with van der Waals surface area (Å²) < 4.78 is 26.4. The fourth-order valence-corrected chi connectivity index (χ4v) is 6.17. The highest BCUT2D eigenvalue weighted by Crippen LogP contribution is 2.33. The van der Waals surface area contributed by atoms with Gasteiger partial charge in [-0.2, -0.15) is 0 Å². The van der Waals surface area contributed by atoms with E-state index in [-0.39, 0.29) is 53.7 Å². The average molecular weight is 510 g/mol. The summed E-state index contributed by atoms with van der Waals surface area (Å²) in [7, 11) is 0. The van der Waals surface area contributed by atoms with Crippen LogP contribution in [0.2, 0.25) is 0 Å². The van der Waals surface area contributed by atoms with Gasteiger partial charge in [0, 0.05) is 6.42 Å². The van der Waals surface area contributed by atoms with Crippen LogP contribution >= 0.6 is 0 Å². The van der Waals surface area contributed by atoms with Crippen LogP contribution in [0.15, 0.2) is 36.4 Å². The second-order valence-corrected chi connectivity index (χ2v) is 10.6. The number of hydrogen-bond donors (Lipinski definition) is 1. The Morgan fingerprint density at radius 2 is 1.76 bits per heavy atom. The number of benzene rings is 2. The highest BCUT2D eigenvalue weighted by molar-refractivity contribution is 6.01. The van der Waals surface area contributed by atoms with Crippen molar-refractivity contribution in [3.8, 4) is 5.75 Å². The Morgan fingerprint density at radius 1 is 1.08 bits per heavy atom. The first-order valence-electron chi connectivity index (χ1n) is 13.6. The van der Waals surface area contributed by atoms with Crippen molar-refractivity contribution in [1.29, 1.82) is 0 Å². The number of nitrogens with zero attached hydrogens (tertiary/aromatic N) is 1. The normalized spacial score (nSPS) is 21.6. The van der Waals surface area contributed by atoms with E-state index in [0.29, 0.717) is 32.0 Å². The molecule has 1 amide bonds. The van der Waals surface area contributed by atoms with Gasteiger partial charge in [-0.15, -0.1) is 0 Å². The van der Waals surface area contributed by atoms with E-state index in [4.69, 9.17) is 9.47 Å². The lowest BCUT2D eigenvalue weighted by Gasteiger charge is -2.34. The summed E-state index contributed by atoms with van der Waals surface area (Å²) in [5.74, 6) is -0.647. The number of halogens is 1. The first kappa shape index (κ1) is 25.9. The Morgan fingerprint density at radius 3 is 2.41 bits per heavy atom. The van der Waals surface area contributed by atoms with Gasteiger partial charge < -0.3 is 19.5 Å². The number of Topliss-reactive ketones (excluding diaryl/α,β-unsaturated/α-hetero) is 1.